The van der Waals surface area contributed by atoms with E-state index in [1.165, 1.54) is 0 Å². The van der Waals surface area contributed by atoms with Crippen LogP contribution in [0.15, 0.2) is 24.3 Å². The van der Waals surface area contributed by atoms with Crippen molar-refractivity contribution in [2.75, 3.05) is 19.8 Å². The predicted octanol–water partition coefficient (Wildman–Crippen LogP) is 1.56. The van der Waals surface area contributed by atoms with Gasteiger partial charge in [-0.25, -0.2) is 0 Å². The van der Waals surface area contributed by atoms with Crippen molar-refractivity contribution in [3.05, 3.63) is 29.8 Å². The molecule has 3 nitrogen and oxygen atoms in total. The molecule has 3 heteroatoms. The molecule has 1 aromatic carbocycles. The summed E-state index contributed by atoms with van der Waals surface area (Å²) in [4.78, 5) is 0. The molecular formula is C12H19NO2. The van der Waals surface area contributed by atoms with E-state index in [0.717, 1.165) is 30.9 Å². The molecule has 0 saturated carbocycles. The van der Waals surface area contributed by atoms with E-state index in [2.05, 4.69) is 12.2 Å². The van der Waals surface area contributed by atoms with Gasteiger partial charge in [0, 0.05) is 18.7 Å². The molecule has 1 aromatic rings. The highest BCUT2D eigenvalue weighted by Crippen LogP contribution is 2.17. The normalized spacial score (nSPS) is 10.3. The first-order valence-electron chi connectivity index (χ1n) is 5.40. The van der Waals surface area contributed by atoms with E-state index in [4.69, 9.17) is 9.84 Å². The number of rotatable bonds is 7. The average Bonchev–Trinajstić information content (AvgIpc) is 2.28. The molecule has 1 rings (SSSR count). The monoisotopic (exact) mass is 209 g/mol. The topological polar surface area (TPSA) is 41.5 Å². The van der Waals surface area contributed by atoms with Crippen LogP contribution in [-0.2, 0) is 6.54 Å². The van der Waals surface area contributed by atoms with Gasteiger partial charge in [-0.3, -0.25) is 0 Å². The fraction of sp³-hybridized carbons (Fsp3) is 0.500. The van der Waals surface area contributed by atoms with Crippen LogP contribution in [0.2, 0.25) is 0 Å². The van der Waals surface area contributed by atoms with E-state index in [-0.39, 0.29) is 6.61 Å². The lowest BCUT2D eigenvalue weighted by Gasteiger charge is -2.10. The zero-order valence-corrected chi connectivity index (χ0v) is 9.20. The van der Waals surface area contributed by atoms with Gasteiger partial charge in [-0.1, -0.05) is 25.1 Å². The summed E-state index contributed by atoms with van der Waals surface area (Å²) in [6, 6.07) is 7.98. The van der Waals surface area contributed by atoms with Crippen molar-refractivity contribution < 1.29 is 9.84 Å². The van der Waals surface area contributed by atoms with Crippen LogP contribution in [0.4, 0.5) is 0 Å². The molecular weight excluding hydrogens is 190 g/mol. The number of hydrogen-bond acceptors (Lipinski definition) is 3. The third-order valence-corrected chi connectivity index (χ3v) is 2.04. The number of benzene rings is 1. The summed E-state index contributed by atoms with van der Waals surface area (Å²) >= 11 is 0. The Bertz CT molecular complexity index is 276. The summed E-state index contributed by atoms with van der Waals surface area (Å²) in [6.07, 6.45) is 1.01. The Morgan fingerprint density at radius 3 is 2.87 bits per heavy atom. The van der Waals surface area contributed by atoms with Gasteiger partial charge in [-0.15, -0.1) is 0 Å². The molecule has 15 heavy (non-hydrogen) atoms. The minimum Gasteiger partial charge on any atom is -0.493 e. The Morgan fingerprint density at radius 1 is 1.33 bits per heavy atom. The lowest BCUT2D eigenvalue weighted by Crippen LogP contribution is -2.18. The van der Waals surface area contributed by atoms with E-state index in [1.54, 1.807) is 0 Å². The molecule has 0 aromatic heterocycles. The molecule has 0 saturated heterocycles. The lowest BCUT2D eigenvalue weighted by atomic mass is 10.2. The van der Waals surface area contributed by atoms with Crippen molar-refractivity contribution in [2.24, 2.45) is 0 Å². The zero-order chi connectivity index (χ0) is 10.9. The molecule has 0 radical (unpaired) electrons. The quantitative estimate of drug-likeness (QED) is 0.670. The Labute approximate surface area is 91.1 Å². The summed E-state index contributed by atoms with van der Waals surface area (Å²) in [7, 11) is 0. The van der Waals surface area contributed by atoms with Crippen molar-refractivity contribution >= 4 is 0 Å². The van der Waals surface area contributed by atoms with Gasteiger partial charge in [0.15, 0.2) is 0 Å². The smallest absolute Gasteiger partial charge is 0.123 e. The Kier molecular flexibility index (Phi) is 5.81. The average molecular weight is 209 g/mol. The van der Waals surface area contributed by atoms with Crippen LogP contribution in [0.1, 0.15) is 18.9 Å². The highest BCUT2D eigenvalue weighted by Gasteiger charge is 2.01. The molecule has 0 atom stereocenters. The molecule has 0 fully saturated rings. The highest BCUT2D eigenvalue weighted by atomic mass is 16.5. The van der Waals surface area contributed by atoms with Crippen molar-refractivity contribution in [1.82, 2.24) is 5.32 Å². The minimum atomic E-state index is 0.165. The third kappa shape index (κ3) is 4.32. The van der Waals surface area contributed by atoms with Crippen LogP contribution in [0.25, 0.3) is 0 Å². The van der Waals surface area contributed by atoms with Crippen LogP contribution < -0.4 is 10.1 Å². The van der Waals surface area contributed by atoms with Crippen LogP contribution in [-0.4, -0.2) is 24.9 Å². The first-order chi connectivity index (χ1) is 7.38. The summed E-state index contributed by atoms with van der Waals surface area (Å²) in [6.45, 7) is 4.35. The Morgan fingerprint density at radius 2 is 2.13 bits per heavy atom. The number of nitrogens with one attached hydrogen (secondary N) is 1. The van der Waals surface area contributed by atoms with E-state index in [0.29, 0.717) is 6.54 Å². The second-order valence-corrected chi connectivity index (χ2v) is 3.36. The summed E-state index contributed by atoms with van der Waals surface area (Å²) < 4.78 is 5.61. The molecule has 84 valence electrons. The zero-order valence-electron chi connectivity index (χ0n) is 9.20. The first-order valence-corrected chi connectivity index (χ1v) is 5.40. The second kappa shape index (κ2) is 7.26. The largest absolute Gasteiger partial charge is 0.493 e. The van der Waals surface area contributed by atoms with Gasteiger partial charge in [0.05, 0.1) is 13.2 Å². The molecule has 0 bridgehead atoms. The van der Waals surface area contributed by atoms with Crippen LogP contribution in [0, 0.1) is 0 Å². The number of aliphatic hydroxyl groups is 1. The van der Waals surface area contributed by atoms with E-state index < -0.39 is 0 Å². The maximum absolute atomic E-state index is 8.66. The van der Waals surface area contributed by atoms with Gasteiger partial charge in [0.25, 0.3) is 0 Å². The predicted molar refractivity (Wildman–Crippen MR) is 61.0 cm³/mol. The van der Waals surface area contributed by atoms with Gasteiger partial charge >= 0.3 is 0 Å². The van der Waals surface area contributed by atoms with Crippen LogP contribution in [0.3, 0.4) is 0 Å². The SMILES string of the molecule is CCCOc1ccccc1CNCCO. The van der Waals surface area contributed by atoms with E-state index in [9.17, 15) is 0 Å². The molecule has 0 aliphatic heterocycles. The highest BCUT2D eigenvalue weighted by molar-refractivity contribution is 5.33. The van der Waals surface area contributed by atoms with Crippen LogP contribution in [0.5, 0.6) is 5.75 Å². The van der Waals surface area contributed by atoms with E-state index in [1.807, 2.05) is 24.3 Å². The number of hydrogen-bond donors (Lipinski definition) is 2. The summed E-state index contributed by atoms with van der Waals surface area (Å²) in [5.74, 6) is 0.935. The van der Waals surface area contributed by atoms with Gasteiger partial charge in [0.2, 0.25) is 0 Å². The summed E-state index contributed by atoms with van der Waals surface area (Å²) in [5.41, 5.74) is 1.14. The molecule has 0 unspecified atom stereocenters. The molecule has 0 spiro atoms. The molecule has 2 N–H and O–H groups in total. The molecule has 0 aliphatic carbocycles. The first kappa shape index (κ1) is 12.0. The van der Waals surface area contributed by atoms with Crippen molar-refractivity contribution in [3.8, 4) is 5.75 Å². The second-order valence-electron chi connectivity index (χ2n) is 3.36. The lowest BCUT2D eigenvalue weighted by molar-refractivity contribution is 0.289. The Balaban J connectivity index is 2.52. The van der Waals surface area contributed by atoms with Crippen LogP contribution >= 0.6 is 0 Å². The molecule has 0 aliphatic rings. The van der Waals surface area contributed by atoms with Crippen molar-refractivity contribution in [3.63, 3.8) is 0 Å². The van der Waals surface area contributed by atoms with Gasteiger partial charge in [-0.2, -0.15) is 0 Å². The van der Waals surface area contributed by atoms with Gasteiger partial charge in [-0.05, 0) is 12.5 Å². The Hall–Kier alpha value is -1.06. The van der Waals surface area contributed by atoms with Gasteiger partial charge in [0.1, 0.15) is 5.75 Å². The molecule has 0 heterocycles. The minimum absolute atomic E-state index is 0.165. The number of para-hydroxylation sites is 1. The third-order valence-electron chi connectivity index (χ3n) is 2.04. The van der Waals surface area contributed by atoms with Crippen molar-refractivity contribution in [2.45, 2.75) is 19.9 Å². The maximum Gasteiger partial charge on any atom is 0.123 e. The number of ether oxygens (including phenoxy) is 1. The summed E-state index contributed by atoms with van der Waals surface area (Å²) in [5, 5.41) is 11.8. The fourth-order valence-electron chi connectivity index (χ4n) is 1.30. The van der Waals surface area contributed by atoms with E-state index >= 15 is 0 Å². The molecule has 0 amide bonds. The van der Waals surface area contributed by atoms with Crippen molar-refractivity contribution in [1.29, 1.82) is 0 Å². The van der Waals surface area contributed by atoms with Gasteiger partial charge < -0.3 is 15.2 Å². The maximum atomic E-state index is 8.66. The fourth-order valence-corrected chi connectivity index (χ4v) is 1.30. The standard InChI is InChI=1S/C12H19NO2/c1-2-9-15-12-6-4-3-5-11(12)10-13-7-8-14/h3-6,13-14H,2,7-10H2,1H3. The number of aliphatic hydroxyl groups excluding tert-OH is 1.